The van der Waals surface area contributed by atoms with E-state index >= 15 is 0 Å². The molecule has 2 aromatic carbocycles. The molecular formula is C20H17BrN2O4S2. The van der Waals surface area contributed by atoms with Gasteiger partial charge in [-0.15, -0.1) is 0 Å². The van der Waals surface area contributed by atoms with Crippen LogP contribution in [0.3, 0.4) is 0 Å². The first-order valence-corrected chi connectivity index (χ1v) is 10.6. The normalized spacial score (nSPS) is 15.1. The summed E-state index contributed by atoms with van der Waals surface area (Å²) in [7, 11) is 0. The minimum Gasteiger partial charge on any atom is -0.503 e. The van der Waals surface area contributed by atoms with Crippen LogP contribution in [0.15, 0.2) is 45.8 Å². The minimum atomic E-state index is -0.427. The summed E-state index contributed by atoms with van der Waals surface area (Å²) in [5.41, 5.74) is 4.48. The molecule has 1 saturated heterocycles. The van der Waals surface area contributed by atoms with Crippen LogP contribution >= 0.6 is 39.9 Å². The number of carbonyl (C=O) groups is 2. The van der Waals surface area contributed by atoms with Gasteiger partial charge in [0.2, 0.25) is 0 Å². The lowest BCUT2D eigenvalue weighted by Crippen LogP contribution is -2.45. The van der Waals surface area contributed by atoms with Crippen molar-refractivity contribution in [3.05, 3.63) is 62.5 Å². The lowest BCUT2D eigenvalue weighted by molar-refractivity contribution is -0.123. The predicted molar refractivity (Wildman–Crippen MR) is 121 cm³/mol. The van der Waals surface area contributed by atoms with Crippen LogP contribution in [0.25, 0.3) is 6.08 Å². The van der Waals surface area contributed by atoms with Gasteiger partial charge in [-0.1, -0.05) is 30.0 Å². The molecule has 0 aliphatic carbocycles. The van der Waals surface area contributed by atoms with Crippen LogP contribution in [0.1, 0.15) is 28.4 Å². The molecule has 0 aromatic heterocycles. The third-order valence-corrected chi connectivity index (χ3v) is 5.95. The molecule has 1 heterocycles. The number of halogens is 1. The zero-order valence-corrected chi connectivity index (χ0v) is 18.8. The topological polar surface area (TPSA) is 78.9 Å². The predicted octanol–water partition coefficient (Wildman–Crippen LogP) is 4.41. The van der Waals surface area contributed by atoms with Crippen molar-refractivity contribution >= 4 is 62.1 Å². The summed E-state index contributed by atoms with van der Waals surface area (Å²) >= 11 is 9.62. The molecular weight excluding hydrogens is 476 g/mol. The fourth-order valence-corrected chi connectivity index (χ4v) is 4.29. The van der Waals surface area contributed by atoms with Gasteiger partial charge in [0.15, 0.2) is 15.8 Å². The number of hydrogen-bond donors (Lipinski definition) is 2. The van der Waals surface area contributed by atoms with Crippen molar-refractivity contribution in [2.75, 3.05) is 6.61 Å². The van der Waals surface area contributed by atoms with Gasteiger partial charge in [0.25, 0.3) is 11.8 Å². The Labute approximate surface area is 186 Å². The zero-order chi connectivity index (χ0) is 21.1. The van der Waals surface area contributed by atoms with Gasteiger partial charge < -0.3 is 9.84 Å². The van der Waals surface area contributed by atoms with Gasteiger partial charge in [0.1, 0.15) is 0 Å². The Morgan fingerprint density at radius 2 is 2.10 bits per heavy atom. The van der Waals surface area contributed by atoms with E-state index in [1.54, 1.807) is 30.3 Å². The van der Waals surface area contributed by atoms with Crippen molar-refractivity contribution in [1.29, 1.82) is 0 Å². The highest BCUT2D eigenvalue weighted by Gasteiger charge is 2.34. The molecule has 1 aliphatic heterocycles. The summed E-state index contributed by atoms with van der Waals surface area (Å²) in [6, 6.07) is 10.4. The number of aryl methyl sites for hydroxylation is 1. The van der Waals surface area contributed by atoms with E-state index in [1.807, 2.05) is 26.0 Å². The molecule has 1 aliphatic rings. The summed E-state index contributed by atoms with van der Waals surface area (Å²) in [6.45, 7) is 4.01. The molecule has 0 atom stereocenters. The lowest BCUT2D eigenvalue weighted by Gasteiger charge is -2.16. The Morgan fingerprint density at radius 3 is 2.79 bits per heavy atom. The quantitative estimate of drug-likeness (QED) is 0.475. The SMILES string of the molecule is CCOc1cc(/C=C2\SC(=S)N(NC(=O)c3ccccc3C)C2=O)cc(Br)c1O. The largest absolute Gasteiger partial charge is 0.503 e. The van der Waals surface area contributed by atoms with E-state index in [4.69, 9.17) is 17.0 Å². The molecule has 2 aromatic rings. The number of phenols is 1. The Bertz CT molecular complexity index is 1040. The third-order valence-electron chi connectivity index (χ3n) is 4.05. The number of rotatable bonds is 5. The summed E-state index contributed by atoms with van der Waals surface area (Å²) in [5.74, 6) is -0.547. The second-order valence-corrected chi connectivity index (χ2v) is 8.59. The average Bonchev–Trinajstić information content (AvgIpc) is 2.93. The fraction of sp³-hybridized carbons (Fsp3) is 0.150. The third kappa shape index (κ3) is 4.63. The van der Waals surface area contributed by atoms with Crippen LogP contribution in [0, 0.1) is 6.92 Å². The highest BCUT2D eigenvalue weighted by Crippen LogP contribution is 2.38. The van der Waals surface area contributed by atoms with Gasteiger partial charge >= 0.3 is 0 Å². The number of thioether (sulfide) groups is 1. The maximum absolute atomic E-state index is 12.8. The maximum atomic E-state index is 12.8. The zero-order valence-electron chi connectivity index (χ0n) is 15.6. The highest BCUT2D eigenvalue weighted by atomic mass is 79.9. The number of benzene rings is 2. The number of nitrogens with one attached hydrogen (secondary N) is 1. The van der Waals surface area contributed by atoms with E-state index in [0.29, 0.717) is 32.9 Å². The minimum absolute atomic E-state index is 0.0120. The first-order chi connectivity index (χ1) is 13.8. The Morgan fingerprint density at radius 1 is 1.38 bits per heavy atom. The smallest absolute Gasteiger partial charge is 0.285 e. The van der Waals surface area contributed by atoms with Crippen LogP contribution in [0.2, 0.25) is 0 Å². The Hall–Kier alpha value is -2.36. The molecule has 0 spiro atoms. The molecule has 0 saturated carbocycles. The summed E-state index contributed by atoms with van der Waals surface area (Å²) in [6.07, 6.45) is 1.63. The Balaban J connectivity index is 1.84. The van der Waals surface area contributed by atoms with Crippen LogP contribution in [0.5, 0.6) is 11.5 Å². The number of hydrogen-bond acceptors (Lipinski definition) is 6. The molecule has 150 valence electrons. The van der Waals surface area contributed by atoms with E-state index in [-0.39, 0.29) is 10.1 Å². The van der Waals surface area contributed by atoms with Crippen LogP contribution < -0.4 is 10.2 Å². The summed E-state index contributed by atoms with van der Waals surface area (Å²) in [4.78, 5) is 25.7. The number of aromatic hydroxyl groups is 1. The monoisotopic (exact) mass is 492 g/mol. The molecule has 6 nitrogen and oxygen atoms in total. The van der Waals surface area contributed by atoms with Gasteiger partial charge in [0, 0.05) is 5.56 Å². The molecule has 0 bridgehead atoms. The van der Waals surface area contributed by atoms with Crippen molar-refractivity contribution < 1.29 is 19.4 Å². The summed E-state index contributed by atoms with van der Waals surface area (Å²) < 4.78 is 6.08. The van der Waals surface area contributed by atoms with E-state index < -0.39 is 11.8 Å². The van der Waals surface area contributed by atoms with Crippen LogP contribution in [0.4, 0.5) is 0 Å². The Kier molecular flexibility index (Phi) is 6.61. The molecule has 0 radical (unpaired) electrons. The standard InChI is InChI=1S/C20H17BrN2O4S2/c1-3-27-15-9-12(8-14(21)17(15)24)10-16-19(26)23(20(28)29-16)22-18(25)13-7-5-4-6-11(13)2/h4-10,24H,3H2,1-2H3,(H,22,25)/b16-10-. The lowest BCUT2D eigenvalue weighted by atomic mass is 10.1. The van der Waals surface area contributed by atoms with Gasteiger partial charge in [-0.2, -0.15) is 5.01 Å². The fourth-order valence-electron chi connectivity index (χ4n) is 2.65. The van der Waals surface area contributed by atoms with E-state index in [2.05, 4.69) is 21.4 Å². The average molecular weight is 493 g/mol. The van der Waals surface area contributed by atoms with Gasteiger partial charge in [-0.05, 0) is 77.4 Å². The van der Waals surface area contributed by atoms with Crippen molar-refractivity contribution in [2.24, 2.45) is 0 Å². The molecule has 2 N–H and O–H groups in total. The van der Waals surface area contributed by atoms with Gasteiger partial charge in [-0.25, -0.2) is 0 Å². The number of phenolic OH excluding ortho intramolecular Hbond substituents is 1. The molecule has 9 heteroatoms. The first kappa shape index (κ1) is 21.4. The van der Waals surface area contributed by atoms with Crippen LogP contribution in [-0.4, -0.2) is 32.9 Å². The van der Waals surface area contributed by atoms with E-state index in [9.17, 15) is 14.7 Å². The highest BCUT2D eigenvalue weighted by molar-refractivity contribution is 9.10. The number of amides is 2. The van der Waals surface area contributed by atoms with Gasteiger partial charge in [0.05, 0.1) is 16.0 Å². The summed E-state index contributed by atoms with van der Waals surface area (Å²) in [5, 5.41) is 11.1. The van der Waals surface area contributed by atoms with E-state index in [1.165, 1.54) is 0 Å². The van der Waals surface area contributed by atoms with Gasteiger partial charge in [-0.3, -0.25) is 15.0 Å². The molecule has 1 fully saturated rings. The molecule has 0 unspecified atom stereocenters. The number of ether oxygens (including phenoxy) is 1. The number of hydrazine groups is 1. The molecule has 29 heavy (non-hydrogen) atoms. The number of thiocarbonyl (C=S) groups is 1. The van der Waals surface area contributed by atoms with Crippen molar-refractivity contribution in [1.82, 2.24) is 10.4 Å². The van der Waals surface area contributed by atoms with Crippen molar-refractivity contribution in [3.8, 4) is 11.5 Å². The van der Waals surface area contributed by atoms with Crippen molar-refractivity contribution in [3.63, 3.8) is 0 Å². The second-order valence-electron chi connectivity index (χ2n) is 6.06. The second kappa shape index (κ2) is 8.98. The number of nitrogens with zero attached hydrogens (tertiary/aromatic N) is 1. The maximum Gasteiger partial charge on any atom is 0.285 e. The molecule has 3 rings (SSSR count). The molecule has 2 amide bonds. The number of carbonyl (C=O) groups excluding carboxylic acids is 2. The van der Waals surface area contributed by atoms with Crippen molar-refractivity contribution in [2.45, 2.75) is 13.8 Å². The van der Waals surface area contributed by atoms with E-state index in [0.717, 1.165) is 22.3 Å². The first-order valence-electron chi connectivity index (χ1n) is 8.61. The van der Waals surface area contributed by atoms with Crippen LogP contribution in [-0.2, 0) is 4.79 Å².